The van der Waals surface area contributed by atoms with Crippen LogP contribution in [-0.4, -0.2) is 58.0 Å². The number of carbonyl (C=O) groups is 2. The third-order valence-electron chi connectivity index (χ3n) is 6.70. The molecule has 0 spiro atoms. The maximum absolute atomic E-state index is 14.0. The number of hydrogen-bond donors (Lipinski definition) is 1. The van der Waals surface area contributed by atoms with Crippen LogP contribution in [0, 0.1) is 5.82 Å². The van der Waals surface area contributed by atoms with Gasteiger partial charge in [0.2, 0.25) is 11.8 Å². The first-order chi connectivity index (χ1) is 19.5. The Hall–Kier alpha value is -4.12. The SMILES string of the molecule is CC[C@H](C)NC(=O)[C@@H](C)N(Cc1ccc(F)cc1)C(=O)CN(c1cc(OC)ccc1OC)S(=O)(=O)c1ccccc1. The van der Waals surface area contributed by atoms with Gasteiger partial charge < -0.3 is 19.7 Å². The maximum atomic E-state index is 14.0. The summed E-state index contributed by atoms with van der Waals surface area (Å²) in [5.74, 6) is -0.937. The molecule has 2 amide bonds. The van der Waals surface area contributed by atoms with Gasteiger partial charge in [-0.05, 0) is 62.2 Å². The third-order valence-corrected chi connectivity index (χ3v) is 8.47. The number of amides is 2. The van der Waals surface area contributed by atoms with Crippen LogP contribution in [0.15, 0.2) is 77.7 Å². The number of halogens is 1. The van der Waals surface area contributed by atoms with Crippen LogP contribution in [0.1, 0.15) is 32.8 Å². The summed E-state index contributed by atoms with van der Waals surface area (Å²) in [5, 5.41) is 2.87. The van der Waals surface area contributed by atoms with Crippen molar-refractivity contribution in [2.75, 3.05) is 25.1 Å². The Labute approximate surface area is 240 Å². The molecule has 0 aliphatic rings. The first kappa shape index (κ1) is 31.4. The second-order valence-corrected chi connectivity index (χ2v) is 11.4. The molecule has 9 nitrogen and oxygen atoms in total. The van der Waals surface area contributed by atoms with Gasteiger partial charge in [-0.1, -0.05) is 37.3 Å². The minimum Gasteiger partial charge on any atom is -0.497 e. The summed E-state index contributed by atoms with van der Waals surface area (Å²) in [4.78, 5) is 28.4. The lowest BCUT2D eigenvalue weighted by molar-refractivity contribution is -0.139. The predicted octanol–water partition coefficient (Wildman–Crippen LogP) is 4.37. The van der Waals surface area contributed by atoms with Crippen LogP contribution >= 0.6 is 0 Å². The minimum atomic E-state index is -4.29. The fraction of sp³-hybridized carbons (Fsp3) is 0.333. The number of carbonyl (C=O) groups excluding carboxylic acids is 2. The molecule has 1 N–H and O–H groups in total. The van der Waals surface area contributed by atoms with E-state index in [1.54, 1.807) is 37.3 Å². The maximum Gasteiger partial charge on any atom is 0.264 e. The molecule has 2 atom stereocenters. The zero-order chi connectivity index (χ0) is 30.2. The number of rotatable bonds is 13. The van der Waals surface area contributed by atoms with Gasteiger partial charge in [0.1, 0.15) is 29.9 Å². The Morgan fingerprint density at radius 2 is 1.61 bits per heavy atom. The quantitative estimate of drug-likeness (QED) is 0.320. The Kier molecular flexibility index (Phi) is 10.7. The average molecular weight is 586 g/mol. The Balaban J connectivity index is 2.10. The van der Waals surface area contributed by atoms with Gasteiger partial charge in [0, 0.05) is 18.7 Å². The molecular weight excluding hydrogens is 549 g/mol. The molecule has 0 aliphatic carbocycles. The number of benzene rings is 3. The minimum absolute atomic E-state index is 0.0367. The standard InChI is InChI=1S/C30H36FN3O6S/c1-6-21(2)32-30(36)22(3)33(19-23-12-14-24(31)15-13-23)29(35)20-34(41(37,38)26-10-8-7-9-11-26)27-18-25(39-4)16-17-28(27)40-5/h7-18,21-22H,6,19-20H2,1-5H3,(H,32,36)/t21-,22+/m0/s1. The van der Waals surface area contributed by atoms with Crippen molar-refractivity contribution in [1.29, 1.82) is 0 Å². The summed E-state index contributed by atoms with van der Waals surface area (Å²) in [7, 11) is -1.46. The van der Waals surface area contributed by atoms with Crippen molar-refractivity contribution in [2.45, 2.75) is 50.7 Å². The molecular formula is C30H36FN3O6S. The summed E-state index contributed by atoms with van der Waals surface area (Å²) in [5.41, 5.74) is 0.655. The van der Waals surface area contributed by atoms with Crippen LogP contribution in [0.5, 0.6) is 11.5 Å². The molecule has 3 aromatic carbocycles. The van der Waals surface area contributed by atoms with Crippen LogP contribution < -0.4 is 19.1 Å². The van der Waals surface area contributed by atoms with Gasteiger partial charge in [0.05, 0.1) is 24.8 Å². The van der Waals surface area contributed by atoms with Crippen LogP contribution in [-0.2, 0) is 26.2 Å². The second-order valence-electron chi connectivity index (χ2n) is 9.50. The van der Waals surface area contributed by atoms with E-state index in [1.165, 1.54) is 61.6 Å². The molecule has 220 valence electrons. The van der Waals surface area contributed by atoms with E-state index in [-0.39, 0.29) is 28.9 Å². The van der Waals surface area contributed by atoms with Crippen LogP contribution in [0.25, 0.3) is 0 Å². The number of hydrogen-bond acceptors (Lipinski definition) is 6. The zero-order valence-electron chi connectivity index (χ0n) is 23.8. The van der Waals surface area contributed by atoms with Gasteiger partial charge in [-0.3, -0.25) is 13.9 Å². The highest BCUT2D eigenvalue weighted by molar-refractivity contribution is 7.92. The normalized spacial score (nSPS) is 12.6. The fourth-order valence-corrected chi connectivity index (χ4v) is 5.50. The Morgan fingerprint density at radius 1 is 0.951 bits per heavy atom. The number of methoxy groups -OCH3 is 2. The van der Waals surface area contributed by atoms with Crippen LogP contribution in [0.4, 0.5) is 10.1 Å². The Bertz CT molecular complexity index is 1430. The molecule has 0 unspecified atom stereocenters. The summed E-state index contributed by atoms with van der Waals surface area (Å²) in [6, 6.07) is 16.8. The fourth-order valence-electron chi connectivity index (χ4n) is 4.06. The first-order valence-electron chi connectivity index (χ1n) is 13.2. The molecule has 0 radical (unpaired) electrons. The van der Waals surface area contributed by atoms with Crippen molar-refractivity contribution in [1.82, 2.24) is 10.2 Å². The summed E-state index contributed by atoms with van der Waals surface area (Å²) in [6.45, 7) is 4.64. The van der Waals surface area contributed by atoms with E-state index in [0.29, 0.717) is 17.7 Å². The molecule has 41 heavy (non-hydrogen) atoms. The van der Waals surface area contributed by atoms with Crippen molar-refractivity contribution in [2.24, 2.45) is 0 Å². The molecule has 3 aromatic rings. The number of ether oxygens (including phenoxy) is 2. The third kappa shape index (κ3) is 7.75. The number of nitrogens with one attached hydrogen (secondary N) is 1. The van der Waals surface area contributed by atoms with Crippen LogP contribution in [0.2, 0.25) is 0 Å². The van der Waals surface area contributed by atoms with Crippen molar-refractivity contribution < 1.29 is 31.9 Å². The summed E-state index contributed by atoms with van der Waals surface area (Å²) < 4.78 is 53.3. The molecule has 0 saturated heterocycles. The van der Waals surface area contributed by atoms with E-state index in [9.17, 15) is 22.4 Å². The van der Waals surface area contributed by atoms with E-state index in [1.807, 2.05) is 13.8 Å². The lowest BCUT2D eigenvalue weighted by Crippen LogP contribution is -2.52. The average Bonchev–Trinajstić information content (AvgIpc) is 2.98. The largest absolute Gasteiger partial charge is 0.497 e. The van der Waals surface area contributed by atoms with Crippen LogP contribution in [0.3, 0.4) is 0 Å². The molecule has 3 rings (SSSR count). The predicted molar refractivity (Wildman–Crippen MR) is 155 cm³/mol. The number of anilines is 1. The van der Waals surface area contributed by atoms with Gasteiger partial charge in [-0.25, -0.2) is 12.8 Å². The van der Waals surface area contributed by atoms with Gasteiger partial charge in [-0.15, -0.1) is 0 Å². The van der Waals surface area contributed by atoms with Gasteiger partial charge in [0.15, 0.2) is 0 Å². The molecule has 11 heteroatoms. The van der Waals surface area contributed by atoms with Crippen molar-refractivity contribution in [3.63, 3.8) is 0 Å². The summed E-state index contributed by atoms with van der Waals surface area (Å²) >= 11 is 0. The summed E-state index contributed by atoms with van der Waals surface area (Å²) in [6.07, 6.45) is 0.684. The van der Waals surface area contributed by atoms with E-state index in [2.05, 4.69) is 5.32 Å². The van der Waals surface area contributed by atoms with E-state index in [4.69, 9.17) is 9.47 Å². The highest BCUT2D eigenvalue weighted by Crippen LogP contribution is 2.36. The molecule has 0 saturated carbocycles. The molecule has 0 aliphatic heterocycles. The van der Waals surface area contributed by atoms with Gasteiger partial charge >= 0.3 is 0 Å². The number of nitrogens with zero attached hydrogens (tertiary/aromatic N) is 2. The lowest BCUT2D eigenvalue weighted by atomic mass is 10.1. The van der Waals surface area contributed by atoms with Crippen molar-refractivity contribution in [3.05, 3.63) is 84.2 Å². The monoisotopic (exact) mass is 585 g/mol. The topological polar surface area (TPSA) is 105 Å². The van der Waals surface area contributed by atoms with Gasteiger partial charge in [-0.2, -0.15) is 0 Å². The smallest absolute Gasteiger partial charge is 0.264 e. The van der Waals surface area contributed by atoms with Crippen molar-refractivity contribution in [3.8, 4) is 11.5 Å². The first-order valence-corrected chi connectivity index (χ1v) is 14.6. The highest BCUT2D eigenvalue weighted by atomic mass is 32.2. The number of sulfonamides is 1. The van der Waals surface area contributed by atoms with Crippen molar-refractivity contribution >= 4 is 27.5 Å². The van der Waals surface area contributed by atoms with Gasteiger partial charge in [0.25, 0.3) is 10.0 Å². The molecule has 0 fully saturated rings. The lowest BCUT2D eigenvalue weighted by Gasteiger charge is -2.33. The highest BCUT2D eigenvalue weighted by Gasteiger charge is 2.34. The molecule has 0 aromatic heterocycles. The van der Waals surface area contributed by atoms with E-state index in [0.717, 1.165) is 4.31 Å². The zero-order valence-corrected chi connectivity index (χ0v) is 24.7. The van der Waals surface area contributed by atoms with E-state index >= 15 is 0 Å². The molecule has 0 bridgehead atoms. The Morgan fingerprint density at radius 3 is 2.20 bits per heavy atom. The van der Waals surface area contributed by atoms with E-state index < -0.39 is 40.2 Å². The molecule has 0 heterocycles. The second kappa shape index (κ2) is 14.0.